The van der Waals surface area contributed by atoms with Gasteiger partial charge in [0.25, 0.3) is 0 Å². The lowest BCUT2D eigenvalue weighted by atomic mass is 10.3. The van der Waals surface area contributed by atoms with Gasteiger partial charge >= 0.3 is 5.97 Å². The lowest BCUT2D eigenvalue weighted by molar-refractivity contribution is -0.141. The molecule has 108 valence electrons. The van der Waals surface area contributed by atoms with E-state index >= 15 is 0 Å². The number of carbonyl (C=O) groups is 1. The highest BCUT2D eigenvalue weighted by Crippen LogP contribution is 2.17. The summed E-state index contributed by atoms with van der Waals surface area (Å²) in [6.07, 6.45) is 3.96. The zero-order chi connectivity index (χ0) is 15.1. The highest BCUT2D eigenvalue weighted by atomic mass is 16.5. The van der Waals surface area contributed by atoms with Crippen LogP contribution in [-0.4, -0.2) is 27.7 Å². The second-order valence-corrected chi connectivity index (χ2v) is 3.94. The molecule has 0 amide bonds. The Labute approximate surface area is 121 Å². The standard InChI is InChI=1S/C15H14N2O4/c1-2-20-15(19)13(18)8-11-9-17-14(10-16-11)21-12-6-4-3-5-7-12/h3-10,18H,2H2,1H3. The van der Waals surface area contributed by atoms with Gasteiger partial charge in [0.1, 0.15) is 5.75 Å². The number of nitrogens with zero attached hydrogens (tertiary/aromatic N) is 2. The molecular formula is C15H14N2O4. The predicted molar refractivity (Wildman–Crippen MR) is 75.8 cm³/mol. The van der Waals surface area contributed by atoms with E-state index in [1.807, 2.05) is 18.2 Å². The van der Waals surface area contributed by atoms with E-state index < -0.39 is 11.7 Å². The van der Waals surface area contributed by atoms with Crippen LogP contribution in [0.5, 0.6) is 11.6 Å². The van der Waals surface area contributed by atoms with E-state index in [0.29, 0.717) is 17.3 Å². The van der Waals surface area contributed by atoms with Crippen molar-refractivity contribution in [2.24, 2.45) is 0 Å². The van der Waals surface area contributed by atoms with Gasteiger partial charge in [0.15, 0.2) is 0 Å². The Hall–Kier alpha value is -2.89. The molecule has 0 saturated carbocycles. The van der Waals surface area contributed by atoms with Crippen molar-refractivity contribution in [3.8, 4) is 11.6 Å². The van der Waals surface area contributed by atoms with E-state index in [1.54, 1.807) is 19.1 Å². The van der Waals surface area contributed by atoms with Gasteiger partial charge in [0, 0.05) is 6.08 Å². The maximum atomic E-state index is 11.2. The lowest BCUT2D eigenvalue weighted by Gasteiger charge is -2.04. The third-order valence-corrected chi connectivity index (χ3v) is 2.38. The van der Waals surface area contributed by atoms with Crippen molar-refractivity contribution in [2.75, 3.05) is 6.61 Å². The van der Waals surface area contributed by atoms with Crippen LogP contribution in [0.4, 0.5) is 0 Å². The van der Waals surface area contributed by atoms with Crippen LogP contribution in [0.2, 0.25) is 0 Å². The van der Waals surface area contributed by atoms with Crippen LogP contribution in [0, 0.1) is 0 Å². The maximum Gasteiger partial charge on any atom is 0.373 e. The minimum absolute atomic E-state index is 0.187. The zero-order valence-electron chi connectivity index (χ0n) is 11.4. The van der Waals surface area contributed by atoms with Gasteiger partial charge in [-0.2, -0.15) is 0 Å². The van der Waals surface area contributed by atoms with Crippen molar-refractivity contribution in [3.05, 3.63) is 54.2 Å². The summed E-state index contributed by atoms with van der Waals surface area (Å²) in [6, 6.07) is 9.16. The van der Waals surface area contributed by atoms with Crippen LogP contribution >= 0.6 is 0 Å². The Kier molecular flexibility index (Phi) is 4.87. The van der Waals surface area contributed by atoms with Crippen molar-refractivity contribution in [1.29, 1.82) is 0 Å². The van der Waals surface area contributed by atoms with Gasteiger partial charge in [-0.15, -0.1) is 0 Å². The molecule has 6 nitrogen and oxygen atoms in total. The average molecular weight is 286 g/mol. The monoisotopic (exact) mass is 286 g/mol. The number of aliphatic hydroxyl groups is 1. The van der Waals surface area contributed by atoms with E-state index in [-0.39, 0.29) is 6.61 Å². The van der Waals surface area contributed by atoms with E-state index in [2.05, 4.69) is 14.7 Å². The topological polar surface area (TPSA) is 81.5 Å². The van der Waals surface area contributed by atoms with Crippen LogP contribution in [-0.2, 0) is 9.53 Å². The summed E-state index contributed by atoms with van der Waals surface area (Å²) in [4.78, 5) is 19.3. The summed E-state index contributed by atoms with van der Waals surface area (Å²) in [5, 5.41) is 9.49. The second-order valence-electron chi connectivity index (χ2n) is 3.94. The van der Waals surface area contributed by atoms with E-state index in [1.165, 1.54) is 18.5 Å². The molecule has 0 unspecified atom stereocenters. The summed E-state index contributed by atoms with van der Waals surface area (Å²) >= 11 is 0. The first-order valence-electron chi connectivity index (χ1n) is 6.31. The first kappa shape index (κ1) is 14.5. The number of carbonyl (C=O) groups excluding carboxylic acids is 1. The molecule has 0 aliphatic carbocycles. The Bertz CT molecular complexity index is 624. The van der Waals surface area contributed by atoms with Gasteiger partial charge < -0.3 is 14.6 Å². The minimum Gasteiger partial charge on any atom is -0.502 e. The Morgan fingerprint density at radius 1 is 1.24 bits per heavy atom. The molecule has 0 saturated heterocycles. The van der Waals surface area contributed by atoms with Gasteiger partial charge in [-0.25, -0.2) is 14.8 Å². The predicted octanol–water partition coefficient (Wildman–Crippen LogP) is 2.73. The molecule has 0 aliphatic rings. The molecule has 0 spiro atoms. The highest BCUT2D eigenvalue weighted by molar-refractivity contribution is 5.90. The number of para-hydroxylation sites is 1. The summed E-state index contributed by atoms with van der Waals surface area (Å²) in [6.45, 7) is 1.84. The summed E-state index contributed by atoms with van der Waals surface area (Å²) < 4.78 is 10.1. The third-order valence-electron chi connectivity index (χ3n) is 2.38. The van der Waals surface area contributed by atoms with Crippen molar-refractivity contribution < 1.29 is 19.4 Å². The van der Waals surface area contributed by atoms with Crippen molar-refractivity contribution in [3.63, 3.8) is 0 Å². The van der Waals surface area contributed by atoms with Crippen LogP contribution in [0.1, 0.15) is 12.6 Å². The molecule has 1 N–H and O–H groups in total. The Morgan fingerprint density at radius 3 is 2.62 bits per heavy atom. The van der Waals surface area contributed by atoms with Crippen molar-refractivity contribution in [2.45, 2.75) is 6.92 Å². The minimum atomic E-state index is -0.802. The molecule has 2 rings (SSSR count). The molecular weight excluding hydrogens is 272 g/mol. The molecule has 0 radical (unpaired) electrons. The van der Waals surface area contributed by atoms with Gasteiger partial charge in [-0.3, -0.25) is 0 Å². The van der Waals surface area contributed by atoms with Gasteiger partial charge in [0.2, 0.25) is 11.6 Å². The average Bonchev–Trinajstić information content (AvgIpc) is 2.50. The fraction of sp³-hybridized carbons (Fsp3) is 0.133. The Balaban J connectivity index is 2.05. The number of hydrogen-bond acceptors (Lipinski definition) is 6. The number of rotatable bonds is 5. The van der Waals surface area contributed by atoms with Crippen LogP contribution < -0.4 is 4.74 Å². The number of esters is 1. The van der Waals surface area contributed by atoms with E-state index in [4.69, 9.17) is 4.74 Å². The molecule has 0 fully saturated rings. The Morgan fingerprint density at radius 2 is 2.00 bits per heavy atom. The summed E-state index contributed by atoms with van der Waals surface area (Å²) in [5.41, 5.74) is 0.320. The van der Waals surface area contributed by atoms with Crippen molar-refractivity contribution >= 4 is 12.0 Å². The second kappa shape index (κ2) is 7.04. The number of hydrogen-bond donors (Lipinski definition) is 1. The number of ether oxygens (including phenoxy) is 2. The molecule has 0 aliphatic heterocycles. The normalized spacial score (nSPS) is 11.0. The molecule has 1 aromatic heterocycles. The van der Waals surface area contributed by atoms with Crippen LogP contribution in [0.3, 0.4) is 0 Å². The van der Waals surface area contributed by atoms with Crippen LogP contribution in [0.25, 0.3) is 6.08 Å². The first-order valence-corrected chi connectivity index (χ1v) is 6.31. The molecule has 0 bridgehead atoms. The fourth-order valence-electron chi connectivity index (χ4n) is 1.47. The molecule has 21 heavy (non-hydrogen) atoms. The smallest absolute Gasteiger partial charge is 0.373 e. The quantitative estimate of drug-likeness (QED) is 0.517. The molecule has 1 heterocycles. The third kappa shape index (κ3) is 4.31. The number of benzene rings is 1. The number of aliphatic hydroxyl groups excluding tert-OH is 1. The van der Waals surface area contributed by atoms with Gasteiger partial charge in [0.05, 0.1) is 24.7 Å². The van der Waals surface area contributed by atoms with Gasteiger partial charge in [-0.1, -0.05) is 18.2 Å². The lowest BCUT2D eigenvalue weighted by Crippen LogP contribution is -2.07. The SMILES string of the molecule is CCOC(=O)C(O)=Cc1cnc(Oc2ccccc2)cn1. The van der Waals surface area contributed by atoms with E-state index in [9.17, 15) is 9.90 Å². The fourth-order valence-corrected chi connectivity index (χ4v) is 1.47. The van der Waals surface area contributed by atoms with Gasteiger partial charge in [-0.05, 0) is 19.1 Å². The first-order chi connectivity index (χ1) is 10.2. The number of aromatic nitrogens is 2. The molecule has 6 heteroatoms. The zero-order valence-corrected chi connectivity index (χ0v) is 11.4. The summed E-state index contributed by atoms with van der Waals surface area (Å²) in [7, 11) is 0. The maximum absolute atomic E-state index is 11.2. The molecule has 1 aromatic carbocycles. The molecule has 0 atom stereocenters. The summed E-state index contributed by atoms with van der Waals surface area (Å²) in [5.74, 6) is -0.370. The van der Waals surface area contributed by atoms with Crippen molar-refractivity contribution in [1.82, 2.24) is 9.97 Å². The molecule has 2 aromatic rings. The van der Waals surface area contributed by atoms with E-state index in [0.717, 1.165) is 0 Å². The highest BCUT2D eigenvalue weighted by Gasteiger charge is 2.08. The largest absolute Gasteiger partial charge is 0.502 e. The van der Waals surface area contributed by atoms with Crippen LogP contribution in [0.15, 0.2) is 48.5 Å².